The number of rotatable bonds is 4. The van der Waals surface area contributed by atoms with E-state index in [9.17, 15) is 0 Å². The van der Waals surface area contributed by atoms with Crippen LogP contribution in [0.1, 0.15) is 24.8 Å². The summed E-state index contributed by atoms with van der Waals surface area (Å²) >= 11 is 0. The molecule has 1 aromatic carbocycles. The van der Waals surface area contributed by atoms with Gasteiger partial charge in [0.25, 0.3) is 0 Å². The van der Waals surface area contributed by atoms with Gasteiger partial charge in [-0.3, -0.25) is 0 Å². The van der Waals surface area contributed by atoms with Crippen LogP contribution in [-0.2, 0) is 0 Å². The minimum atomic E-state index is 0. The lowest BCUT2D eigenvalue weighted by atomic mass is 10.1. The van der Waals surface area contributed by atoms with Gasteiger partial charge in [-0.05, 0) is 18.9 Å². The quantitative estimate of drug-likeness (QED) is 0.370. The highest BCUT2D eigenvalue weighted by Crippen LogP contribution is 2.40. The first kappa shape index (κ1) is 15.8. The fourth-order valence-electron chi connectivity index (χ4n) is 2.04. The Morgan fingerprint density at radius 3 is 2.79 bits per heavy atom. The molecule has 0 spiro atoms. The van der Waals surface area contributed by atoms with E-state index in [0.29, 0.717) is 18.5 Å². The van der Waals surface area contributed by atoms with E-state index in [1.807, 2.05) is 6.07 Å². The zero-order chi connectivity index (χ0) is 12.8. The summed E-state index contributed by atoms with van der Waals surface area (Å²) in [6, 6.07) is 11.1. The molecule has 0 amide bonds. The molecule has 102 valence electrons. The number of hydrogen-bond acceptors (Lipinski definition) is 1. The molecule has 19 heavy (non-hydrogen) atoms. The maximum atomic E-state index is 5.23. The van der Waals surface area contributed by atoms with Crippen LogP contribution in [0.2, 0.25) is 0 Å². The van der Waals surface area contributed by atoms with Gasteiger partial charge in [0.15, 0.2) is 5.96 Å². The van der Waals surface area contributed by atoms with Gasteiger partial charge in [0.2, 0.25) is 0 Å². The third-order valence-electron chi connectivity index (χ3n) is 3.01. The second-order valence-corrected chi connectivity index (χ2v) is 4.40. The largest absolute Gasteiger partial charge is 0.357 e. The van der Waals surface area contributed by atoms with E-state index in [4.69, 9.17) is 6.42 Å². The number of nitrogens with one attached hydrogen (secondary N) is 2. The molecule has 0 aromatic heterocycles. The molecule has 1 aliphatic carbocycles. The molecule has 1 fully saturated rings. The Bertz CT molecular complexity index is 450. The van der Waals surface area contributed by atoms with Crippen molar-refractivity contribution in [2.45, 2.75) is 25.3 Å². The minimum absolute atomic E-state index is 0. The number of hydrogen-bond donors (Lipinski definition) is 2. The summed E-state index contributed by atoms with van der Waals surface area (Å²) < 4.78 is 0. The summed E-state index contributed by atoms with van der Waals surface area (Å²) in [5.74, 6) is 3.94. The summed E-state index contributed by atoms with van der Waals surface area (Å²) in [6.07, 6.45) is 6.38. The lowest BCUT2D eigenvalue weighted by Crippen LogP contribution is -2.39. The van der Waals surface area contributed by atoms with Crippen molar-refractivity contribution in [3.8, 4) is 12.3 Å². The first-order chi connectivity index (χ1) is 8.85. The van der Waals surface area contributed by atoms with Gasteiger partial charge in [-0.2, -0.15) is 0 Å². The number of terminal acetylenes is 1. The minimum Gasteiger partial charge on any atom is -0.357 e. The van der Waals surface area contributed by atoms with Crippen LogP contribution < -0.4 is 10.6 Å². The Hall–Kier alpha value is -1.22. The number of aliphatic imine (C=N–C) groups is 1. The summed E-state index contributed by atoms with van der Waals surface area (Å²) in [5.41, 5.74) is 1.39. The molecule has 1 aromatic rings. The number of nitrogens with zero attached hydrogens (tertiary/aromatic N) is 1. The van der Waals surface area contributed by atoms with Crippen LogP contribution in [0.5, 0.6) is 0 Å². The molecule has 2 rings (SSSR count). The third kappa shape index (κ3) is 4.75. The lowest BCUT2D eigenvalue weighted by Gasteiger charge is -2.10. The summed E-state index contributed by atoms with van der Waals surface area (Å²) in [7, 11) is 0. The van der Waals surface area contributed by atoms with Gasteiger partial charge in [0.1, 0.15) is 6.54 Å². The van der Waals surface area contributed by atoms with E-state index in [-0.39, 0.29) is 24.0 Å². The van der Waals surface area contributed by atoms with Crippen molar-refractivity contribution in [2.75, 3.05) is 13.1 Å². The number of guanidine groups is 1. The van der Waals surface area contributed by atoms with E-state index in [0.717, 1.165) is 18.9 Å². The van der Waals surface area contributed by atoms with E-state index in [1.54, 1.807) is 0 Å². The molecule has 2 N–H and O–H groups in total. The SMILES string of the molecule is C#CCN=C(NCC)NC1CC1c1ccccc1.I. The predicted octanol–water partition coefficient (Wildman–Crippen LogP) is 2.35. The maximum absolute atomic E-state index is 5.23. The topological polar surface area (TPSA) is 36.4 Å². The van der Waals surface area contributed by atoms with Crippen LogP contribution in [0.25, 0.3) is 0 Å². The molecule has 2 unspecified atom stereocenters. The van der Waals surface area contributed by atoms with Crippen LogP contribution in [-0.4, -0.2) is 25.1 Å². The zero-order valence-corrected chi connectivity index (χ0v) is 13.4. The number of halogens is 1. The molecule has 2 atom stereocenters. The Labute approximate surface area is 132 Å². The average molecular weight is 369 g/mol. The smallest absolute Gasteiger partial charge is 0.192 e. The van der Waals surface area contributed by atoms with Crippen molar-refractivity contribution in [3.05, 3.63) is 35.9 Å². The standard InChI is InChI=1S/C15H19N3.HI/c1-3-10-17-15(16-4-2)18-14-11-13(14)12-8-6-5-7-9-12;/h1,5-9,13-14H,4,10-11H2,2H3,(H2,16,17,18);1H. The molecule has 0 saturated heterocycles. The molecule has 0 aliphatic heterocycles. The molecule has 3 nitrogen and oxygen atoms in total. The maximum Gasteiger partial charge on any atom is 0.192 e. The Kier molecular flexibility index (Phi) is 6.71. The molecule has 0 bridgehead atoms. The van der Waals surface area contributed by atoms with Crippen molar-refractivity contribution in [1.82, 2.24) is 10.6 Å². The summed E-state index contributed by atoms with van der Waals surface area (Å²) in [6.45, 7) is 3.31. The average Bonchev–Trinajstić information content (AvgIpc) is 3.16. The first-order valence-corrected chi connectivity index (χ1v) is 6.38. The van der Waals surface area contributed by atoms with Gasteiger partial charge in [-0.25, -0.2) is 4.99 Å². The highest BCUT2D eigenvalue weighted by atomic mass is 127. The first-order valence-electron chi connectivity index (χ1n) is 6.38. The van der Waals surface area contributed by atoms with E-state index in [2.05, 4.69) is 52.7 Å². The summed E-state index contributed by atoms with van der Waals surface area (Å²) in [5, 5.41) is 6.62. The Balaban J connectivity index is 0.00000180. The van der Waals surface area contributed by atoms with Crippen LogP contribution in [0, 0.1) is 12.3 Å². The van der Waals surface area contributed by atoms with Crippen molar-refractivity contribution in [3.63, 3.8) is 0 Å². The monoisotopic (exact) mass is 369 g/mol. The van der Waals surface area contributed by atoms with Crippen molar-refractivity contribution in [1.29, 1.82) is 0 Å². The molecule has 1 aliphatic rings. The molecular formula is C15H20IN3. The van der Waals surface area contributed by atoms with Crippen LogP contribution in [0.15, 0.2) is 35.3 Å². The summed E-state index contributed by atoms with van der Waals surface area (Å²) in [4.78, 5) is 4.30. The van der Waals surface area contributed by atoms with Gasteiger partial charge in [-0.15, -0.1) is 30.4 Å². The van der Waals surface area contributed by atoms with Gasteiger partial charge < -0.3 is 10.6 Å². The molecular weight excluding hydrogens is 349 g/mol. The number of benzene rings is 1. The zero-order valence-electron chi connectivity index (χ0n) is 11.1. The van der Waals surface area contributed by atoms with Crippen LogP contribution >= 0.6 is 24.0 Å². The normalized spacial score (nSPS) is 20.9. The van der Waals surface area contributed by atoms with Crippen LogP contribution in [0.3, 0.4) is 0 Å². The molecule has 1 saturated carbocycles. The van der Waals surface area contributed by atoms with E-state index in [1.165, 1.54) is 5.56 Å². The fourth-order valence-corrected chi connectivity index (χ4v) is 2.04. The van der Waals surface area contributed by atoms with E-state index >= 15 is 0 Å². The Morgan fingerprint density at radius 2 is 2.16 bits per heavy atom. The molecule has 0 heterocycles. The van der Waals surface area contributed by atoms with Crippen molar-refractivity contribution < 1.29 is 0 Å². The third-order valence-corrected chi connectivity index (χ3v) is 3.01. The van der Waals surface area contributed by atoms with Gasteiger partial charge in [0.05, 0.1) is 0 Å². The van der Waals surface area contributed by atoms with Crippen molar-refractivity contribution >= 4 is 29.9 Å². The Morgan fingerprint density at radius 1 is 1.42 bits per heavy atom. The second kappa shape index (κ2) is 8.05. The molecule has 4 heteroatoms. The van der Waals surface area contributed by atoms with Crippen LogP contribution in [0.4, 0.5) is 0 Å². The second-order valence-electron chi connectivity index (χ2n) is 4.40. The highest BCUT2D eigenvalue weighted by molar-refractivity contribution is 14.0. The van der Waals surface area contributed by atoms with Gasteiger partial charge >= 0.3 is 0 Å². The molecule has 0 radical (unpaired) electrons. The van der Waals surface area contributed by atoms with Gasteiger partial charge in [-0.1, -0.05) is 36.3 Å². The predicted molar refractivity (Wildman–Crippen MR) is 91.0 cm³/mol. The highest BCUT2D eigenvalue weighted by Gasteiger charge is 2.38. The van der Waals surface area contributed by atoms with E-state index < -0.39 is 0 Å². The van der Waals surface area contributed by atoms with Crippen molar-refractivity contribution in [2.24, 2.45) is 4.99 Å². The van der Waals surface area contributed by atoms with Gasteiger partial charge in [0, 0.05) is 18.5 Å². The fraction of sp³-hybridized carbons (Fsp3) is 0.400. The lowest BCUT2D eigenvalue weighted by molar-refractivity contribution is 0.803.